The Morgan fingerprint density at radius 2 is 1.92 bits per heavy atom. The number of hydrogen-bond acceptors (Lipinski definition) is 2. The Kier molecular flexibility index (Phi) is 3.72. The lowest BCUT2D eigenvalue weighted by Crippen LogP contribution is -2.42. The van der Waals surface area contributed by atoms with Gasteiger partial charge >= 0.3 is 0 Å². The van der Waals surface area contributed by atoms with Gasteiger partial charge in [0, 0.05) is 22.1 Å². The lowest BCUT2D eigenvalue weighted by atomic mass is 9.96. The van der Waals surface area contributed by atoms with Crippen LogP contribution in [-0.2, 0) is 10.8 Å². The highest BCUT2D eigenvalue weighted by Crippen LogP contribution is 2.22. The fraction of sp³-hybridized carbons (Fsp3) is 1.00. The van der Waals surface area contributed by atoms with Crippen molar-refractivity contribution in [1.82, 2.24) is 0 Å². The second kappa shape index (κ2) is 4.38. The Balaban J connectivity index is 2.53. The number of rotatable bonds is 2. The van der Waals surface area contributed by atoms with Gasteiger partial charge in [-0.15, -0.1) is 0 Å². The topological polar surface area (TPSA) is 43.1 Å². The smallest absolute Gasteiger partial charge is 0.0501 e. The third-order valence-electron chi connectivity index (χ3n) is 2.52. The van der Waals surface area contributed by atoms with E-state index in [9.17, 15) is 4.21 Å². The summed E-state index contributed by atoms with van der Waals surface area (Å²) in [7, 11) is -0.713. The van der Waals surface area contributed by atoms with E-state index in [4.69, 9.17) is 5.73 Å². The highest BCUT2D eigenvalue weighted by molar-refractivity contribution is 7.86. The molecule has 0 aliphatic heterocycles. The first-order valence-electron chi connectivity index (χ1n) is 4.78. The summed E-state index contributed by atoms with van der Waals surface area (Å²) in [6.07, 6.45) is 4.54. The van der Waals surface area contributed by atoms with Crippen molar-refractivity contribution in [2.24, 2.45) is 5.73 Å². The van der Waals surface area contributed by atoms with E-state index in [1.807, 2.05) is 13.8 Å². The van der Waals surface area contributed by atoms with Crippen LogP contribution in [0.2, 0.25) is 0 Å². The first-order chi connectivity index (χ1) is 5.63. The van der Waals surface area contributed by atoms with Gasteiger partial charge in [-0.2, -0.15) is 0 Å². The molecule has 1 aliphatic rings. The van der Waals surface area contributed by atoms with Crippen LogP contribution in [0.5, 0.6) is 0 Å². The molecule has 72 valence electrons. The van der Waals surface area contributed by atoms with Crippen molar-refractivity contribution in [2.75, 3.05) is 0 Å². The molecule has 0 bridgehead atoms. The van der Waals surface area contributed by atoms with Gasteiger partial charge in [0.1, 0.15) is 0 Å². The van der Waals surface area contributed by atoms with Gasteiger partial charge in [0.05, 0.1) is 5.25 Å². The number of nitrogens with two attached hydrogens (primary N) is 1. The largest absolute Gasteiger partial charge is 0.327 e. The van der Waals surface area contributed by atoms with Crippen LogP contribution < -0.4 is 5.73 Å². The Labute approximate surface area is 77.4 Å². The highest BCUT2D eigenvalue weighted by atomic mass is 32.2. The van der Waals surface area contributed by atoms with Crippen LogP contribution >= 0.6 is 0 Å². The van der Waals surface area contributed by atoms with E-state index in [1.165, 1.54) is 12.8 Å². The first kappa shape index (κ1) is 10.2. The molecule has 3 heteroatoms. The molecule has 0 aromatic heterocycles. The second-order valence-corrected chi connectivity index (χ2v) is 6.07. The van der Waals surface area contributed by atoms with Gasteiger partial charge in [-0.25, -0.2) is 0 Å². The zero-order valence-corrected chi connectivity index (χ0v) is 8.77. The molecule has 1 fully saturated rings. The molecule has 0 aromatic rings. The molecule has 0 aromatic carbocycles. The molecule has 0 saturated heterocycles. The van der Waals surface area contributed by atoms with E-state index in [-0.39, 0.29) is 16.5 Å². The van der Waals surface area contributed by atoms with E-state index in [1.54, 1.807) is 0 Å². The van der Waals surface area contributed by atoms with Gasteiger partial charge in [-0.3, -0.25) is 4.21 Å². The highest BCUT2D eigenvalue weighted by Gasteiger charge is 2.28. The van der Waals surface area contributed by atoms with Crippen molar-refractivity contribution in [3.63, 3.8) is 0 Å². The fourth-order valence-electron chi connectivity index (χ4n) is 1.76. The van der Waals surface area contributed by atoms with Gasteiger partial charge in [0.15, 0.2) is 0 Å². The van der Waals surface area contributed by atoms with Crippen LogP contribution in [-0.4, -0.2) is 20.8 Å². The van der Waals surface area contributed by atoms with Crippen molar-refractivity contribution in [2.45, 2.75) is 56.1 Å². The Bertz CT molecular complexity index is 170. The maximum Gasteiger partial charge on any atom is 0.0501 e. The van der Waals surface area contributed by atoms with Crippen LogP contribution in [0.4, 0.5) is 0 Å². The SMILES string of the molecule is CC(C)S(=O)C1CCCCC1N. The third-order valence-corrected chi connectivity index (χ3v) is 4.63. The monoisotopic (exact) mass is 189 g/mol. The summed E-state index contributed by atoms with van der Waals surface area (Å²) in [5.74, 6) is 0. The molecule has 1 aliphatic carbocycles. The minimum absolute atomic E-state index is 0.182. The first-order valence-corrected chi connectivity index (χ1v) is 6.05. The van der Waals surface area contributed by atoms with Crippen LogP contribution in [0.3, 0.4) is 0 Å². The van der Waals surface area contributed by atoms with Crippen LogP contribution in [0, 0.1) is 0 Å². The summed E-state index contributed by atoms with van der Waals surface area (Å²) >= 11 is 0. The van der Waals surface area contributed by atoms with E-state index >= 15 is 0 Å². The van der Waals surface area contributed by atoms with E-state index in [0.29, 0.717) is 0 Å². The lowest BCUT2D eigenvalue weighted by molar-refractivity contribution is 0.444. The standard InChI is InChI=1S/C9H19NOS/c1-7(2)12(11)9-6-4-3-5-8(9)10/h7-9H,3-6,10H2,1-2H3. The zero-order chi connectivity index (χ0) is 9.14. The normalized spacial score (nSPS) is 33.7. The van der Waals surface area contributed by atoms with Gasteiger partial charge < -0.3 is 5.73 Å². The zero-order valence-electron chi connectivity index (χ0n) is 7.95. The maximum atomic E-state index is 11.7. The molecular formula is C9H19NOS. The molecule has 1 rings (SSSR count). The molecule has 2 N–H and O–H groups in total. The van der Waals surface area contributed by atoms with Crippen molar-refractivity contribution in [1.29, 1.82) is 0 Å². The van der Waals surface area contributed by atoms with Crippen LogP contribution in [0.15, 0.2) is 0 Å². The Hall–Kier alpha value is 0.110. The average Bonchev–Trinajstić information content (AvgIpc) is 2.04. The fourth-order valence-corrected chi connectivity index (χ4v) is 3.34. The minimum Gasteiger partial charge on any atom is -0.327 e. The molecule has 1 saturated carbocycles. The summed E-state index contributed by atoms with van der Waals surface area (Å²) in [6.45, 7) is 4.02. The predicted molar refractivity (Wildman–Crippen MR) is 53.5 cm³/mol. The second-order valence-electron chi connectivity index (χ2n) is 3.86. The quantitative estimate of drug-likeness (QED) is 0.714. The van der Waals surface area contributed by atoms with Gasteiger partial charge in [-0.05, 0) is 12.8 Å². The maximum absolute atomic E-state index is 11.7. The molecule has 0 heterocycles. The van der Waals surface area contributed by atoms with E-state index in [2.05, 4.69) is 0 Å². The lowest BCUT2D eigenvalue weighted by Gasteiger charge is -2.29. The average molecular weight is 189 g/mol. The van der Waals surface area contributed by atoms with Gasteiger partial charge in [0.2, 0.25) is 0 Å². The summed E-state index contributed by atoms with van der Waals surface area (Å²) in [6, 6.07) is 0.182. The molecule has 12 heavy (non-hydrogen) atoms. The van der Waals surface area contributed by atoms with Crippen molar-refractivity contribution in [3.8, 4) is 0 Å². The minimum atomic E-state index is -0.713. The summed E-state index contributed by atoms with van der Waals surface area (Å²) in [4.78, 5) is 0. The summed E-state index contributed by atoms with van der Waals surface area (Å²) in [5.41, 5.74) is 5.92. The van der Waals surface area contributed by atoms with Gasteiger partial charge in [0.25, 0.3) is 0 Å². The molecule has 3 atom stereocenters. The Morgan fingerprint density at radius 1 is 1.33 bits per heavy atom. The summed E-state index contributed by atoms with van der Waals surface area (Å²) < 4.78 is 11.7. The molecule has 0 amide bonds. The third kappa shape index (κ3) is 2.30. The van der Waals surface area contributed by atoms with E-state index < -0.39 is 10.8 Å². The summed E-state index contributed by atoms with van der Waals surface area (Å²) in [5, 5.41) is 0.526. The molecule has 3 unspecified atom stereocenters. The number of hydrogen-bond donors (Lipinski definition) is 1. The predicted octanol–water partition coefficient (Wildman–Crippen LogP) is 1.41. The molecular weight excluding hydrogens is 170 g/mol. The molecule has 0 spiro atoms. The van der Waals surface area contributed by atoms with E-state index in [0.717, 1.165) is 12.8 Å². The molecule has 2 nitrogen and oxygen atoms in total. The Morgan fingerprint density at radius 3 is 2.42 bits per heavy atom. The van der Waals surface area contributed by atoms with Crippen molar-refractivity contribution in [3.05, 3.63) is 0 Å². The van der Waals surface area contributed by atoms with Crippen LogP contribution in [0.25, 0.3) is 0 Å². The van der Waals surface area contributed by atoms with Gasteiger partial charge in [-0.1, -0.05) is 26.7 Å². The van der Waals surface area contributed by atoms with Crippen molar-refractivity contribution >= 4 is 10.8 Å². The van der Waals surface area contributed by atoms with Crippen LogP contribution in [0.1, 0.15) is 39.5 Å². The van der Waals surface area contributed by atoms with Crippen molar-refractivity contribution < 1.29 is 4.21 Å². The molecule has 0 radical (unpaired) electrons.